The van der Waals surface area contributed by atoms with Crippen LogP contribution in [-0.4, -0.2) is 5.11 Å². The van der Waals surface area contributed by atoms with E-state index in [0.29, 0.717) is 12.0 Å². The van der Waals surface area contributed by atoms with Gasteiger partial charge in [-0.3, -0.25) is 0 Å². The van der Waals surface area contributed by atoms with E-state index in [1.165, 1.54) is 6.26 Å². The monoisotopic (exact) mass is 306 g/mol. The molecule has 2 aromatic heterocycles. The summed E-state index contributed by atoms with van der Waals surface area (Å²) in [5, 5.41) is 12.2. The molecule has 0 saturated carbocycles. The molecule has 80 valence electrons. The minimum absolute atomic E-state index is 0.259. The van der Waals surface area contributed by atoms with Gasteiger partial charge >= 0.3 is 0 Å². The molecule has 15 heavy (non-hydrogen) atoms. The lowest BCUT2D eigenvalue weighted by Crippen LogP contribution is -1.99. The summed E-state index contributed by atoms with van der Waals surface area (Å²) in [6, 6.07) is 3.65. The molecule has 0 aromatic carbocycles. The van der Waals surface area contributed by atoms with E-state index in [-0.39, 0.29) is 5.22 Å². The van der Waals surface area contributed by atoms with Crippen LogP contribution >= 0.6 is 38.9 Å². The van der Waals surface area contributed by atoms with Gasteiger partial charge in [-0.25, -0.2) is 0 Å². The number of aliphatic hydroxyl groups excluding tert-OH is 1. The van der Waals surface area contributed by atoms with Crippen molar-refractivity contribution in [2.24, 2.45) is 0 Å². The van der Waals surface area contributed by atoms with Crippen molar-refractivity contribution in [2.45, 2.75) is 12.5 Å². The van der Waals surface area contributed by atoms with Gasteiger partial charge in [0.2, 0.25) is 0 Å². The van der Waals surface area contributed by atoms with Gasteiger partial charge in [-0.05, 0) is 45.0 Å². The Morgan fingerprint density at radius 3 is 2.87 bits per heavy atom. The summed E-state index contributed by atoms with van der Waals surface area (Å²) >= 11 is 10.8. The lowest BCUT2D eigenvalue weighted by molar-refractivity contribution is 0.178. The standard InChI is InChI=1S/C10H8BrClO2S/c11-7-2-4-15-9(7)5-8(13)6-1-3-14-10(6)12/h1-4,8,13H,5H2. The van der Waals surface area contributed by atoms with Crippen LogP contribution in [-0.2, 0) is 6.42 Å². The van der Waals surface area contributed by atoms with Gasteiger partial charge in [-0.2, -0.15) is 0 Å². The molecule has 5 heteroatoms. The Bertz CT molecular complexity index is 452. The van der Waals surface area contributed by atoms with Gasteiger partial charge in [0.25, 0.3) is 0 Å². The number of hydrogen-bond donors (Lipinski definition) is 1. The second kappa shape index (κ2) is 4.70. The number of furan rings is 1. The zero-order valence-electron chi connectivity index (χ0n) is 7.61. The van der Waals surface area contributed by atoms with Crippen LogP contribution in [0.4, 0.5) is 0 Å². The fourth-order valence-corrected chi connectivity index (χ4v) is 3.09. The van der Waals surface area contributed by atoms with Crippen molar-refractivity contribution in [1.82, 2.24) is 0 Å². The maximum Gasteiger partial charge on any atom is 0.198 e. The van der Waals surface area contributed by atoms with Gasteiger partial charge in [-0.1, -0.05) is 0 Å². The molecule has 1 unspecified atom stereocenters. The fraction of sp³-hybridized carbons (Fsp3) is 0.200. The third kappa shape index (κ3) is 2.45. The molecular formula is C10H8BrClO2S. The van der Waals surface area contributed by atoms with Crippen molar-refractivity contribution in [3.63, 3.8) is 0 Å². The fourth-order valence-electron chi connectivity index (χ4n) is 1.30. The van der Waals surface area contributed by atoms with Gasteiger partial charge in [-0.15, -0.1) is 11.3 Å². The van der Waals surface area contributed by atoms with Crippen LogP contribution < -0.4 is 0 Å². The molecule has 1 atom stereocenters. The number of halogens is 2. The molecule has 2 aromatic rings. The number of hydrogen-bond acceptors (Lipinski definition) is 3. The smallest absolute Gasteiger partial charge is 0.198 e. The van der Waals surface area contributed by atoms with E-state index in [2.05, 4.69) is 15.9 Å². The summed E-state index contributed by atoms with van der Waals surface area (Å²) in [4.78, 5) is 1.10. The summed E-state index contributed by atoms with van der Waals surface area (Å²) < 4.78 is 5.95. The van der Waals surface area contributed by atoms with Crippen LogP contribution in [0.15, 0.2) is 32.7 Å². The highest BCUT2D eigenvalue weighted by Gasteiger charge is 2.16. The minimum atomic E-state index is -0.619. The molecule has 2 heterocycles. The van der Waals surface area contributed by atoms with E-state index in [9.17, 15) is 5.11 Å². The highest BCUT2D eigenvalue weighted by molar-refractivity contribution is 9.10. The van der Waals surface area contributed by atoms with Gasteiger partial charge in [0.15, 0.2) is 5.22 Å². The lowest BCUT2D eigenvalue weighted by atomic mass is 10.1. The molecule has 0 radical (unpaired) electrons. The molecule has 0 fully saturated rings. The second-order valence-electron chi connectivity index (χ2n) is 3.06. The summed E-state index contributed by atoms with van der Waals surface area (Å²) in [6.07, 6.45) is 1.40. The first-order valence-electron chi connectivity index (χ1n) is 4.31. The Balaban J connectivity index is 2.14. The van der Waals surface area contributed by atoms with Crippen LogP contribution in [0.1, 0.15) is 16.5 Å². The largest absolute Gasteiger partial charge is 0.453 e. The summed E-state index contributed by atoms with van der Waals surface area (Å²) in [6.45, 7) is 0. The molecule has 2 rings (SSSR count). The van der Waals surface area contributed by atoms with Crippen molar-refractivity contribution in [3.8, 4) is 0 Å². The van der Waals surface area contributed by atoms with E-state index in [1.54, 1.807) is 17.4 Å². The number of aliphatic hydroxyl groups is 1. The average Bonchev–Trinajstić information content (AvgIpc) is 2.76. The lowest BCUT2D eigenvalue weighted by Gasteiger charge is -2.07. The minimum Gasteiger partial charge on any atom is -0.453 e. The molecule has 0 aliphatic heterocycles. The first-order valence-corrected chi connectivity index (χ1v) is 6.36. The maximum atomic E-state index is 9.93. The van der Waals surface area contributed by atoms with Crippen LogP contribution in [0.2, 0.25) is 5.22 Å². The summed E-state index contributed by atoms with van der Waals surface area (Å²) in [7, 11) is 0. The van der Waals surface area contributed by atoms with Crippen LogP contribution in [0.25, 0.3) is 0 Å². The number of rotatable bonds is 3. The van der Waals surface area contributed by atoms with Crippen LogP contribution in [0.5, 0.6) is 0 Å². The Morgan fingerprint density at radius 1 is 1.53 bits per heavy atom. The van der Waals surface area contributed by atoms with Gasteiger partial charge in [0, 0.05) is 21.3 Å². The topological polar surface area (TPSA) is 33.4 Å². The Kier molecular flexibility index (Phi) is 3.51. The highest BCUT2D eigenvalue weighted by atomic mass is 79.9. The van der Waals surface area contributed by atoms with Gasteiger partial charge in [0.05, 0.1) is 12.4 Å². The molecule has 0 aliphatic rings. The van der Waals surface area contributed by atoms with Crippen molar-refractivity contribution in [3.05, 3.63) is 43.9 Å². The molecule has 1 N–H and O–H groups in total. The Labute approximate surface area is 105 Å². The predicted molar refractivity (Wildman–Crippen MR) is 64.4 cm³/mol. The molecule has 2 nitrogen and oxygen atoms in total. The van der Waals surface area contributed by atoms with E-state index >= 15 is 0 Å². The summed E-state index contributed by atoms with van der Waals surface area (Å²) in [5.74, 6) is 0. The normalized spacial score (nSPS) is 13.0. The third-order valence-electron chi connectivity index (χ3n) is 2.07. The maximum absolute atomic E-state index is 9.93. The van der Waals surface area contributed by atoms with E-state index in [1.807, 2.05) is 11.4 Å². The van der Waals surface area contributed by atoms with Crippen molar-refractivity contribution in [1.29, 1.82) is 0 Å². The molecule has 0 spiro atoms. The van der Waals surface area contributed by atoms with Gasteiger partial charge in [0.1, 0.15) is 0 Å². The Morgan fingerprint density at radius 2 is 2.33 bits per heavy atom. The van der Waals surface area contributed by atoms with Gasteiger partial charge < -0.3 is 9.52 Å². The zero-order chi connectivity index (χ0) is 10.8. The Hall–Kier alpha value is -0.290. The van der Waals surface area contributed by atoms with Crippen LogP contribution in [0, 0.1) is 0 Å². The quantitative estimate of drug-likeness (QED) is 0.928. The number of thiophene rings is 1. The van der Waals surface area contributed by atoms with E-state index in [4.69, 9.17) is 16.0 Å². The first kappa shape index (κ1) is 11.2. The molecule has 0 amide bonds. The molecule has 0 saturated heterocycles. The molecule has 0 bridgehead atoms. The van der Waals surface area contributed by atoms with Crippen molar-refractivity contribution >= 4 is 38.9 Å². The predicted octanol–water partition coefficient (Wildman–Crippen LogP) is 4.03. The first-order chi connectivity index (χ1) is 7.18. The third-order valence-corrected chi connectivity index (χ3v) is 4.33. The highest BCUT2D eigenvalue weighted by Crippen LogP contribution is 2.31. The zero-order valence-corrected chi connectivity index (χ0v) is 10.8. The van der Waals surface area contributed by atoms with Crippen LogP contribution in [0.3, 0.4) is 0 Å². The molecule has 0 aliphatic carbocycles. The van der Waals surface area contributed by atoms with E-state index in [0.717, 1.165) is 9.35 Å². The summed E-state index contributed by atoms with van der Waals surface area (Å²) in [5.41, 5.74) is 0.636. The van der Waals surface area contributed by atoms with E-state index < -0.39 is 6.10 Å². The molecular weight excluding hydrogens is 300 g/mol. The second-order valence-corrected chi connectivity index (χ2v) is 5.26. The SMILES string of the molecule is OC(Cc1sccc1Br)c1ccoc1Cl. The van der Waals surface area contributed by atoms with Crippen molar-refractivity contribution < 1.29 is 9.52 Å². The van der Waals surface area contributed by atoms with Crippen molar-refractivity contribution in [2.75, 3.05) is 0 Å². The average molecular weight is 308 g/mol.